The summed E-state index contributed by atoms with van der Waals surface area (Å²) in [6.45, 7) is 4.70. The number of hydrogen-bond acceptors (Lipinski definition) is 3. The van der Waals surface area contributed by atoms with Gasteiger partial charge in [0, 0.05) is 18.7 Å². The summed E-state index contributed by atoms with van der Waals surface area (Å²) < 4.78 is 23.6. The monoisotopic (exact) mass is 365 g/mol. The summed E-state index contributed by atoms with van der Waals surface area (Å²) in [5.74, 6) is 2.99. The molecule has 1 saturated heterocycles. The first-order valence-electron chi connectivity index (χ1n) is 10.00. The first kappa shape index (κ1) is 17.6. The van der Waals surface area contributed by atoms with Crippen molar-refractivity contribution in [2.45, 2.75) is 64.8 Å². The minimum Gasteiger partial charge on any atom is -0.335 e. The van der Waals surface area contributed by atoms with Crippen molar-refractivity contribution in [2.24, 2.45) is 23.2 Å². The molecule has 4 aliphatic carbocycles. The zero-order valence-electron chi connectivity index (χ0n) is 15.5. The van der Waals surface area contributed by atoms with Gasteiger partial charge < -0.3 is 4.90 Å². The Hall–Kier alpha value is -0.840. The van der Waals surface area contributed by atoms with E-state index in [0.29, 0.717) is 13.0 Å². The maximum Gasteiger partial charge on any atom is 0.246 e. The molecule has 4 saturated carbocycles. The van der Waals surface area contributed by atoms with Crippen molar-refractivity contribution in [3.05, 3.63) is 11.6 Å². The lowest BCUT2D eigenvalue weighted by atomic mass is 9.48. The smallest absolute Gasteiger partial charge is 0.246 e. The third-order valence-electron chi connectivity index (χ3n) is 7.49. The summed E-state index contributed by atoms with van der Waals surface area (Å²) in [6.07, 6.45) is 10.5. The quantitative estimate of drug-likeness (QED) is 0.719. The molecular weight excluding hydrogens is 334 g/mol. The predicted octanol–water partition coefficient (Wildman–Crippen LogP) is 3.18. The molecule has 140 valence electrons. The number of likely N-dealkylation sites (N-methyl/N-ethyl adjacent to an activating group) is 1. The Morgan fingerprint density at radius 3 is 2.12 bits per heavy atom. The lowest BCUT2D eigenvalue weighted by Crippen LogP contribution is -2.47. The molecule has 0 aromatic heterocycles. The highest BCUT2D eigenvalue weighted by Crippen LogP contribution is 2.62. The van der Waals surface area contributed by atoms with Crippen molar-refractivity contribution >= 4 is 15.7 Å². The van der Waals surface area contributed by atoms with Gasteiger partial charge in [0.2, 0.25) is 5.91 Å². The molecule has 1 atom stereocenters. The Labute approximate surface area is 152 Å². The van der Waals surface area contributed by atoms with E-state index in [1.54, 1.807) is 4.90 Å². The molecule has 25 heavy (non-hydrogen) atoms. The average Bonchev–Trinajstić information content (AvgIpc) is 2.86. The van der Waals surface area contributed by atoms with E-state index in [4.69, 9.17) is 0 Å². The van der Waals surface area contributed by atoms with Gasteiger partial charge >= 0.3 is 0 Å². The molecule has 0 spiro atoms. The molecule has 1 heterocycles. The minimum absolute atomic E-state index is 0.0258. The number of nitrogens with zero attached hydrogens (tertiary/aromatic N) is 1. The van der Waals surface area contributed by atoms with Gasteiger partial charge in [0.1, 0.15) is 0 Å². The average molecular weight is 366 g/mol. The van der Waals surface area contributed by atoms with Crippen LogP contribution >= 0.6 is 0 Å². The highest BCUT2D eigenvalue weighted by Gasteiger charge is 2.51. The van der Waals surface area contributed by atoms with Crippen LogP contribution in [0.3, 0.4) is 0 Å². The number of allylic oxidation sites excluding steroid dienone is 1. The molecule has 1 aliphatic heterocycles. The summed E-state index contributed by atoms with van der Waals surface area (Å²) in [5, 5.41) is 0. The van der Waals surface area contributed by atoms with Crippen LogP contribution in [0.4, 0.5) is 0 Å². The summed E-state index contributed by atoms with van der Waals surface area (Å²) in [5.41, 5.74) is 1.52. The number of rotatable bonds is 4. The van der Waals surface area contributed by atoms with Crippen molar-refractivity contribution in [1.29, 1.82) is 0 Å². The molecule has 5 fully saturated rings. The molecule has 1 amide bonds. The Morgan fingerprint density at radius 2 is 1.68 bits per heavy atom. The van der Waals surface area contributed by atoms with Gasteiger partial charge in [0.15, 0.2) is 9.84 Å². The van der Waals surface area contributed by atoms with Gasteiger partial charge in [0.25, 0.3) is 0 Å². The van der Waals surface area contributed by atoms with Crippen LogP contribution in [0.25, 0.3) is 0 Å². The molecule has 5 rings (SSSR count). The number of amides is 1. The molecule has 0 unspecified atom stereocenters. The number of sulfone groups is 1. The molecule has 5 aliphatic rings. The Morgan fingerprint density at radius 1 is 1.12 bits per heavy atom. The molecule has 0 aromatic carbocycles. The van der Waals surface area contributed by atoms with Crippen LogP contribution in [-0.4, -0.2) is 43.3 Å². The van der Waals surface area contributed by atoms with Crippen molar-refractivity contribution in [2.75, 3.05) is 18.1 Å². The van der Waals surface area contributed by atoms with Gasteiger partial charge in [-0.05, 0) is 82.0 Å². The Bertz CT molecular complexity index is 658. The fourth-order valence-corrected chi connectivity index (χ4v) is 8.36. The van der Waals surface area contributed by atoms with E-state index >= 15 is 0 Å². The molecule has 4 bridgehead atoms. The van der Waals surface area contributed by atoms with Crippen molar-refractivity contribution in [1.82, 2.24) is 4.90 Å². The van der Waals surface area contributed by atoms with E-state index in [0.717, 1.165) is 17.8 Å². The van der Waals surface area contributed by atoms with Gasteiger partial charge in [-0.3, -0.25) is 4.79 Å². The molecule has 5 heteroatoms. The lowest BCUT2D eigenvalue weighted by molar-refractivity contribution is -0.127. The van der Waals surface area contributed by atoms with Crippen LogP contribution in [0.1, 0.15) is 58.8 Å². The number of hydrogen-bond donors (Lipinski definition) is 0. The second-order valence-electron chi connectivity index (χ2n) is 9.21. The van der Waals surface area contributed by atoms with Crippen LogP contribution in [0, 0.1) is 23.2 Å². The van der Waals surface area contributed by atoms with Gasteiger partial charge in [0.05, 0.1) is 11.5 Å². The summed E-state index contributed by atoms with van der Waals surface area (Å²) >= 11 is 0. The van der Waals surface area contributed by atoms with Gasteiger partial charge in [-0.1, -0.05) is 5.57 Å². The Kier molecular flexibility index (Phi) is 4.29. The van der Waals surface area contributed by atoms with E-state index in [9.17, 15) is 13.2 Å². The van der Waals surface area contributed by atoms with Crippen LogP contribution < -0.4 is 0 Å². The third kappa shape index (κ3) is 3.17. The van der Waals surface area contributed by atoms with Crippen molar-refractivity contribution in [3.8, 4) is 0 Å². The van der Waals surface area contributed by atoms with E-state index < -0.39 is 9.84 Å². The molecule has 0 aromatic rings. The summed E-state index contributed by atoms with van der Waals surface area (Å²) in [6, 6.07) is -0.136. The maximum absolute atomic E-state index is 12.9. The highest BCUT2D eigenvalue weighted by atomic mass is 32.2. The second-order valence-corrected chi connectivity index (χ2v) is 11.4. The molecular formula is C20H31NO3S. The van der Waals surface area contributed by atoms with Gasteiger partial charge in [-0.15, -0.1) is 0 Å². The lowest BCUT2D eigenvalue weighted by Gasteiger charge is -2.57. The fourth-order valence-electron chi connectivity index (χ4n) is 6.63. The van der Waals surface area contributed by atoms with Crippen LogP contribution in [0.2, 0.25) is 0 Å². The summed E-state index contributed by atoms with van der Waals surface area (Å²) in [4.78, 5) is 14.7. The minimum atomic E-state index is -2.96. The normalized spacial score (nSPS) is 41.9. The first-order chi connectivity index (χ1) is 11.8. The summed E-state index contributed by atoms with van der Waals surface area (Å²) in [7, 11) is -2.96. The van der Waals surface area contributed by atoms with Crippen molar-refractivity contribution in [3.63, 3.8) is 0 Å². The van der Waals surface area contributed by atoms with Crippen molar-refractivity contribution < 1.29 is 13.2 Å². The predicted molar refractivity (Wildman–Crippen MR) is 98.8 cm³/mol. The van der Waals surface area contributed by atoms with E-state index in [1.165, 1.54) is 44.1 Å². The topological polar surface area (TPSA) is 54.5 Å². The van der Waals surface area contributed by atoms with E-state index in [-0.39, 0.29) is 28.9 Å². The first-order valence-corrected chi connectivity index (χ1v) is 11.8. The van der Waals surface area contributed by atoms with E-state index in [1.807, 2.05) is 13.0 Å². The Balaban J connectivity index is 1.52. The van der Waals surface area contributed by atoms with Crippen LogP contribution in [0.15, 0.2) is 11.6 Å². The number of carbonyl (C=O) groups is 1. The fraction of sp³-hybridized carbons (Fsp3) is 0.850. The SMILES string of the molecule is CCN(C(=O)/C=C(/C)C12CC3CC(CC(C3)C1)C2)[C@H]1CCS(=O)(=O)C1. The molecule has 0 radical (unpaired) electrons. The van der Waals surface area contributed by atoms with Gasteiger partial charge in [-0.25, -0.2) is 8.42 Å². The standard InChI is InChI=1S/C20H31NO3S/c1-3-21(18-4-5-25(23,24)13-18)19(22)6-14(2)20-10-15-7-16(11-20)9-17(8-15)12-20/h6,15-18H,3-5,7-13H2,1-2H3/b14-6-/t15?,16?,17?,18-,20?/m0/s1. The van der Waals surface area contributed by atoms with E-state index in [2.05, 4.69) is 6.92 Å². The second kappa shape index (κ2) is 6.11. The zero-order valence-corrected chi connectivity index (χ0v) is 16.4. The molecule has 4 nitrogen and oxygen atoms in total. The van der Waals surface area contributed by atoms with Gasteiger partial charge in [-0.2, -0.15) is 0 Å². The van der Waals surface area contributed by atoms with Crippen LogP contribution in [0.5, 0.6) is 0 Å². The van der Waals surface area contributed by atoms with Crippen LogP contribution in [-0.2, 0) is 14.6 Å². The highest BCUT2D eigenvalue weighted by molar-refractivity contribution is 7.91. The largest absolute Gasteiger partial charge is 0.335 e. The number of carbonyl (C=O) groups excluding carboxylic acids is 1. The zero-order chi connectivity index (χ0) is 17.8. The maximum atomic E-state index is 12.9. The third-order valence-corrected chi connectivity index (χ3v) is 9.24. The molecule has 0 N–H and O–H groups in total.